The second-order valence-electron chi connectivity index (χ2n) is 6.35. The fraction of sp³-hybridized carbons (Fsp3) is 0.421. The Labute approximate surface area is 155 Å². The molecule has 0 spiro atoms. The van der Waals surface area contributed by atoms with E-state index >= 15 is 0 Å². The molecule has 1 atom stereocenters. The number of hydrogen-bond donors (Lipinski definition) is 1. The standard InChI is InChI=1S/C19H21F3N2O3/c20-19(21,22)17-5-7-23-11-18(17)27-16-6-8-24(12-16)9-10-26-15-3-1-14(13-25)2-4-15/h1-5,7,11,16,25H,6,8-10,12-13H2/t16-/m1/s1. The molecule has 1 aromatic carbocycles. The van der Waals surface area contributed by atoms with Crippen molar-refractivity contribution in [3.63, 3.8) is 0 Å². The number of halogens is 3. The summed E-state index contributed by atoms with van der Waals surface area (Å²) < 4.78 is 50.3. The SMILES string of the molecule is OCc1ccc(OCCN2CC[C@@H](Oc3cnccc3C(F)(F)F)C2)cc1. The third-order valence-electron chi connectivity index (χ3n) is 4.39. The van der Waals surface area contributed by atoms with Crippen LogP contribution in [0.4, 0.5) is 13.2 Å². The molecule has 8 heteroatoms. The van der Waals surface area contributed by atoms with Gasteiger partial charge in [0.1, 0.15) is 29.8 Å². The molecule has 5 nitrogen and oxygen atoms in total. The normalized spacial score (nSPS) is 17.9. The van der Waals surface area contributed by atoms with E-state index in [0.29, 0.717) is 31.9 Å². The molecule has 1 aliphatic heterocycles. The zero-order valence-electron chi connectivity index (χ0n) is 14.7. The first kappa shape index (κ1) is 19.4. The minimum Gasteiger partial charge on any atom is -0.492 e. The van der Waals surface area contributed by atoms with Crippen molar-refractivity contribution >= 4 is 0 Å². The molecule has 0 radical (unpaired) electrons. The van der Waals surface area contributed by atoms with Crippen LogP contribution in [-0.4, -0.2) is 47.3 Å². The topological polar surface area (TPSA) is 54.8 Å². The first-order valence-corrected chi connectivity index (χ1v) is 8.68. The van der Waals surface area contributed by atoms with Gasteiger partial charge in [0.2, 0.25) is 0 Å². The largest absolute Gasteiger partial charge is 0.492 e. The van der Waals surface area contributed by atoms with Gasteiger partial charge in [-0.1, -0.05) is 12.1 Å². The fourth-order valence-electron chi connectivity index (χ4n) is 2.97. The third kappa shape index (κ3) is 5.33. The highest BCUT2D eigenvalue weighted by atomic mass is 19.4. The molecule has 0 amide bonds. The molecule has 0 bridgehead atoms. The van der Waals surface area contributed by atoms with Gasteiger partial charge in [-0.2, -0.15) is 13.2 Å². The number of benzene rings is 1. The molecular weight excluding hydrogens is 361 g/mol. The van der Waals surface area contributed by atoms with Gasteiger partial charge < -0.3 is 14.6 Å². The maximum atomic E-state index is 13.0. The number of hydrogen-bond acceptors (Lipinski definition) is 5. The van der Waals surface area contributed by atoms with Crippen LogP contribution in [0.3, 0.4) is 0 Å². The summed E-state index contributed by atoms with van der Waals surface area (Å²) in [5, 5.41) is 9.01. The highest BCUT2D eigenvalue weighted by Crippen LogP contribution is 2.36. The molecule has 146 valence electrons. The fourth-order valence-corrected chi connectivity index (χ4v) is 2.97. The van der Waals surface area contributed by atoms with Crippen molar-refractivity contribution < 1.29 is 27.8 Å². The monoisotopic (exact) mass is 382 g/mol. The van der Waals surface area contributed by atoms with Gasteiger partial charge in [-0.3, -0.25) is 9.88 Å². The van der Waals surface area contributed by atoms with Gasteiger partial charge in [0.25, 0.3) is 0 Å². The Morgan fingerprint density at radius 2 is 1.96 bits per heavy atom. The van der Waals surface area contributed by atoms with Gasteiger partial charge in [-0.15, -0.1) is 0 Å². The van der Waals surface area contributed by atoms with Crippen molar-refractivity contribution in [1.29, 1.82) is 0 Å². The van der Waals surface area contributed by atoms with Gasteiger partial charge in [0.15, 0.2) is 0 Å². The van der Waals surface area contributed by atoms with Crippen LogP contribution in [0.2, 0.25) is 0 Å². The van der Waals surface area contributed by atoms with Crippen LogP contribution in [0.1, 0.15) is 17.5 Å². The lowest BCUT2D eigenvalue weighted by atomic mass is 10.2. The zero-order valence-corrected chi connectivity index (χ0v) is 14.7. The number of aliphatic hydroxyl groups excluding tert-OH is 1. The zero-order chi connectivity index (χ0) is 19.3. The summed E-state index contributed by atoms with van der Waals surface area (Å²) >= 11 is 0. The second-order valence-corrected chi connectivity index (χ2v) is 6.35. The van der Waals surface area contributed by atoms with E-state index in [1.165, 1.54) is 0 Å². The number of aromatic nitrogens is 1. The minimum absolute atomic E-state index is 0.0115. The first-order chi connectivity index (χ1) is 13.0. The van der Waals surface area contributed by atoms with Gasteiger partial charge >= 0.3 is 6.18 Å². The lowest BCUT2D eigenvalue weighted by Crippen LogP contribution is -2.29. The molecule has 0 saturated carbocycles. The summed E-state index contributed by atoms with van der Waals surface area (Å²) in [4.78, 5) is 5.83. The Balaban J connectivity index is 1.46. The molecule has 3 rings (SSSR count). The Morgan fingerprint density at radius 1 is 1.19 bits per heavy atom. The molecule has 27 heavy (non-hydrogen) atoms. The minimum atomic E-state index is -4.46. The Kier molecular flexibility index (Phi) is 6.18. The number of likely N-dealkylation sites (tertiary alicyclic amines) is 1. The van der Waals surface area contributed by atoms with Crippen LogP contribution in [0, 0.1) is 0 Å². The number of ether oxygens (including phenoxy) is 2. The van der Waals surface area contributed by atoms with Crippen LogP contribution in [-0.2, 0) is 12.8 Å². The lowest BCUT2D eigenvalue weighted by molar-refractivity contribution is -0.139. The Bertz CT molecular complexity index is 738. The molecule has 1 aromatic heterocycles. The number of rotatable bonds is 7. The Morgan fingerprint density at radius 3 is 2.67 bits per heavy atom. The smallest absolute Gasteiger partial charge is 0.420 e. The van der Waals surface area contributed by atoms with E-state index in [4.69, 9.17) is 14.6 Å². The number of pyridine rings is 1. The highest BCUT2D eigenvalue weighted by Gasteiger charge is 2.35. The van der Waals surface area contributed by atoms with E-state index in [1.807, 2.05) is 0 Å². The molecular formula is C19H21F3N2O3. The summed E-state index contributed by atoms with van der Waals surface area (Å²) in [7, 11) is 0. The average Bonchev–Trinajstić information content (AvgIpc) is 3.09. The average molecular weight is 382 g/mol. The van der Waals surface area contributed by atoms with E-state index in [0.717, 1.165) is 30.6 Å². The van der Waals surface area contributed by atoms with Crippen LogP contribution >= 0.6 is 0 Å². The summed E-state index contributed by atoms with van der Waals surface area (Å²) in [5.74, 6) is 0.487. The molecule has 0 aliphatic carbocycles. The highest BCUT2D eigenvalue weighted by molar-refractivity contribution is 5.32. The number of nitrogens with zero attached hydrogens (tertiary/aromatic N) is 2. The Hall–Kier alpha value is -2.32. The van der Waals surface area contributed by atoms with Gasteiger partial charge in [0, 0.05) is 25.8 Å². The molecule has 0 unspecified atom stereocenters. The second kappa shape index (κ2) is 8.58. The van der Waals surface area contributed by atoms with Gasteiger partial charge in [-0.25, -0.2) is 0 Å². The van der Waals surface area contributed by atoms with Crippen LogP contribution in [0.5, 0.6) is 11.5 Å². The molecule has 1 saturated heterocycles. The van der Waals surface area contributed by atoms with E-state index in [1.54, 1.807) is 24.3 Å². The van der Waals surface area contributed by atoms with Crippen LogP contribution < -0.4 is 9.47 Å². The maximum Gasteiger partial charge on any atom is 0.420 e. The number of aliphatic hydroxyl groups is 1. The van der Waals surface area contributed by atoms with Crippen molar-refractivity contribution in [1.82, 2.24) is 9.88 Å². The van der Waals surface area contributed by atoms with Gasteiger partial charge in [0.05, 0.1) is 12.8 Å². The van der Waals surface area contributed by atoms with E-state index < -0.39 is 11.7 Å². The quantitative estimate of drug-likeness (QED) is 0.798. The summed E-state index contributed by atoms with van der Waals surface area (Å²) in [6, 6.07) is 8.10. The summed E-state index contributed by atoms with van der Waals surface area (Å²) in [6.07, 6.45) is -1.89. The van der Waals surface area contributed by atoms with Crippen LogP contribution in [0.15, 0.2) is 42.7 Å². The third-order valence-corrected chi connectivity index (χ3v) is 4.39. The van der Waals surface area contributed by atoms with E-state index in [-0.39, 0.29) is 18.5 Å². The summed E-state index contributed by atoms with van der Waals surface area (Å²) in [5.41, 5.74) is 0.0149. The van der Waals surface area contributed by atoms with Gasteiger partial charge in [-0.05, 0) is 30.2 Å². The van der Waals surface area contributed by atoms with E-state index in [2.05, 4.69) is 9.88 Å². The first-order valence-electron chi connectivity index (χ1n) is 8.68. The van der Waals surface area contributed by atoms with E-state index in [9.17, 15) is 13.2 Å². The molecule has 1 aliphatic rings. The molecule has 2 aromatic rings. The lowest BCUT2D eigenvalue weighted by Gasteiger charge is -2.19. The molecule has 1 N–H and O–H groups in total. The predicted molar refractivity (Wildman–Crippen MR) is 92.6 cm³/mol. The number of alkyl halides is 3. The van der Waals surface area contributed by atoms with Crippen molar-refractivity contribution in [3.05, 3.63) is 53.9 Å². The molecule has 1 fully saturated rings. The molecule has 2 heterocycles. The van der Waals surface area contributed by atoms with Crippen molar-refractivity contribution in [2.24, 2.45) is 0 Å². The van der Waals surface area contributed by atoms with Crippen LogP contribution in [0.25, 0.3) is 0 Å². The van der Waals surface area contributed by atoms with Crippen molar-refractivity contribution in [3.8, 4) is 11.5 Å². The maximum absolute atomic E-state index is 13.0. The van der Waals surface area contributed by atoms with Crippen molar-refractivity contribution in [2.45, 2.75) is 25.3 Å². The van der Waals surface area contributed by atoms with Crippen molar-refractivity contribution in [2.75, 3.05) is 26.2 Å². The predicted octanol–water partition coefficient (Wildman–Crippen LogP) is 3.12. The summed E-state index contributed by atoms with van der Waals surface area (Å²) in [6.45, 7) is 2.38.